The van der Waals surface area contributed by atoms with Gasteiger partial charge in [0.25, 0.3) is 0 Å². The van der Waals surface area contributed by atoms with Crippen LogP contribution in [-0.2, 0) is 8.98 Å². The minimum absolute atomic E-state index is 0.182. The van der Waals surface area contributed by atoms with Crippen molar-refractivity contribution in [1.29, 1.82) is 5.26 Å². The molecule has 0 aliphatic carbocycles. The first-order chi connectivity index (χ1) is 12.0. The summed E-state index contributed by atoms with van der Waals surface area (Å²) < 4.78 is 4.53. The second-order valence-corrected chi connectivity index (χ2v) is 9.24. The van der Waals surface area contributed by atoms with Crippen LogP contribution in [0.1, 0.15) is 97.3 Å². The van der Waals surface area contributed by atoms with Crippen molar-refractivity contribution in [3.63, 3.8) is 0 Å². The molecule has 0 N–H and O–H groups in total. The summed E-state index contributed by atoms with van der Waals surface area (Å²) in [5.74, 6) is -0.411. The normalized spacial score (nSPS) is 13.0. The van der Waals surface area contributed by atoms with Gasteiger partial charge in [0, 0.05) is 23.5 Å². The Hall–Kier alpha value is -0.250. The van der Waals surface area contributed by atoms with Gasteiger partial charge < -0.3 is 4.18 Å². The Kier molecular flexibility index (Phi) is 15.8. The zero-order valence-electron chi connectivity index (χ0n) is 15.7. The molecule has 6 heteroatoms. The maximum atomic E-state index is 11.2. The van der Waals surface area contributed by atoms with E-state index in [1.54, 1.807) is 0 Å². The molecular weight excluding hydrogens is 370 g/mol. The minimum atomic E-state index is -0.669. The van der Waals surface area contributed by atoms with Crippen molar-refractivity contribution in [1.82, 2.24) is 0 Å². The summed E-state index contributed by atoms with van der Waals surface area (Å²) in [6.07, 6.45) is 14.5. The number of thioether (sulfide) groups is 1. The smallest absolute Gasteiger partial charge is 0.317 e. The van der Waals surface area contributed by atoms with Crippen LogP contribution in [0, 0.1) is 11.3 Å². The monoisotopic (exact) mass is 403 g/mol. The van der Waals surface area contributed by atoms with E-state index in [-0.39, 0.29) is 6.42 Å². The summed E-state index contributed by atoms with van der Waals surface area (Å²) in [6, 6.07) is 2.27. The lowest BCUT2D eigenvalue weighted by molar-refractivity contribution is -0.133. The third kappa shape index (κ3) is 14.6. The Balaban J connectivity index is 3.74. The number of hydrogen-bond donors (Lipinski definition) is 1. The molecule has 0 spiro atoms. The number of carbonyl (C=O) groups excluding carboxylic acids is 1. The summed E-state index contributed by atoms with van der Waals surface area (Å²) in [7, 11) is 0. The summed E-state index contributed by atoms with van der Waals surface area (Å²) in [6.45, 7) is 4.08. The fourth-order valence-corrected chi connectivity index (χ4v) is 4.36. The van der Waals surface area contributed by atoms with Crippen LogP contribution in [0.4, 0.5) is 0 Å². The molecule has 0 saturated heterocycles. The van der Waals surface area contributed by atoms with E-state index in [4.69, 9.17) is 12.2 Å². The van der Waals surface area contributed by atoms with Crippen molar-refractivity contribution in [3.8, 4) is 6.07 Å². The highest BCUT2D eigenvalue weighted by Gasteiger charge is 2.27. The number of carbonyl (C=O) groups is 1. The number of thiol groups is 1. The molecule has 0 saturated carbocycles. The van der Waals surface area contributed by atoms with Crippen LogP contribution >= 0.6 is 36.9 Å². The molecule has 0 aromatic heterocycles. The predicted octanol–water partition coefficient (Wildman–Crippen LogP) is 6.81. The summed E-state index contributed by atoms with van der Waals surface area (Å²) >= 11 is 10.3. The van der Waals surface area contributed by atoms with Crippen molar-refractivity contribution in [2.45, 2.75) is 102 Å². The summed E-state index contributed by atoms with van der Waals surface area (Å²) in [5, 5.41) is 9.36. The molecule has 144 valence electrons. The van der Waals surface area contributed by atoms with Crippen molar-refractivity contribution in [2.75, 3.05) is 0 Å². The van der Waals surface area contributed by atoms with E-state index < -0.39 is 10.7 Å². The zero-order chi connectivity index (χ0) is 19.0. The van der Waals surface area contributed by atoms with Crippen molar-refractivity contribution in [3.05, 3.63) is 0 Å². The lowest BCUT2D eigenvalue weighted by Crippen LogP contribution is -2.21. The molecule has 3 nitrogen and oxygen atoms in total. The molecule has 0 amide bonds. The number of unbranched alkanes of at least 4 members (excludes halogenated alkanes) is 9. The Morgan fingerprint density at radius 1 is 1.08 bits per heavy atom. The second-order valence-electron chi connectivity index (χ2n) is 6.71. The molecule has 0 heterocycles. The molecule has 0 aliphatic heterocycles. The maximum absolute atomic E-state index is 11.2. The second kappa shape index (κ2) is 16.0. The highest BCUT2D eigenvalue weighted by Crippen LogP contribution is 2.32. The van der Waals surface area contributed by atoms with Gasteiger partial charge in [0.2, 0.25) is 0 Å². The number of thiocarbonyl (C=S) groups is 1. The van der Waals surface area contributed by atoms with E-state index in [9.17, 15) is 10.1 Å². The van der Waals surface area contributed by atoms with Crippen LogP contribution in [0.25, 0.3) is 0 Å². The van der Waals surface area contributed by atoms with Gasteiger partial charge >= 0.3 is 5.97 Å². The molecule has 0 bridgehead atoms. The third-order valence-electron chi connectivity index (χ3n) is 4.22. The molecule has 0 radical (unpaired) electrons. The Morgan fingerprint density at radius 3 is 2.08 bits per heavy atom. The molecule has 0 aliphatic rings. The topological polar surface area (TPSA) is 50.1 Å². The van der Waals surface area contributed by atoms with E-state index in [0.717, 1.165) is 17.0 Å². The van der Waals surface area contributed by atoms with Gasteiger partial charge in [0.15, 0.2) is 0 Å². The first kappa shape index (κ1) is 24.8. The van der Waals surface area contributed by atoms with Crippen LogP contribution in [0.2, 0.25) is 0 Å². The first-order valence-corrected chi connectivity index (χ1v) is 11.0. The largest absolute Gasteiger partial charge is 0.395 e. The van der Waals surface area contributed by atoms with Gasteiger partial charge in [-0.25, -0.2) is 0 Å². The average molecular weight is 404 g/mol. The number of nitriles is 1. The number of hydrogen-bond acceptors (Lipinski definition) is 6. The van der Waals surface area contributed by atoms with Gasteiger partial charge in [-0.15, -0.1) is 0 Å². The van der Waals surface area contributed by atoms with Crippen molar-refractivity contribution >= 4 is 47.1 Å². The van der Waals surface area contributed by atoms with Gasteiger partial charge in [-0.2, -0.15) is 5.26 Å². The number of nitrogens with zero attached hydrogens (tertiary/aromatic N) is 1. The van der Waals surface area contributed by atoms with E-state index in [1.165, 1.54) is 69.5 Å². The highest BCUT2D eigenvalue weighted by atomic mass is 32.2. The van der Waals surface area contributed by atoms with Gasteiger partial charge in [0.1, 0.15) is 4.75 Å². The molecule has 0 aromatic carbocycles. The summed E-state index contributed by atoms with van der Waals surface area (Å²) in [5.41, 5.74) is 0. The van der Waals surface area contributed by atoms with E-state index >= 15 is 0 Å². The molecule has 0 aromatic rings. The number of rotatable bonds is 15. The lowest BCUT2D eigenvalue weighted by Gasteiger charge is -2.20. The van der Waals surface area contributed by atoms with Gasteiger partial charge in [-0.1, -0.05) is 88.7 Å². The standard InChI is InChI=1S/C19H33NO2S3/c1-3-4-5-6-7-8-9-10-11-12-13-18(23)25-19(2,16-20)15-14-17(21)22-24/h24H,3-15H2,1-2H3. The average Bonchev–Trinajstić information content (AvgIpc) is 2.61. The third-order valence-corrected chi connectivity index (χ3v) is 6.05. The van der Waals surface area contributed by atoms with Gasteiger partial charge in [-0.3, -0.25) is 4.79 Å². The minimum Gasteiger partial charge on any atom is -0.395 e. The predicted molar refractivity (Wildman–Crippen MR) is 115 cm³/mol. The fourth-order valence-electron chi connectivity index (χ4n) is 2.58. The highest BCUT2D eigenvalue weighted by molar-refractivity contribution is 8.24. The molecule has 1 unspecified atom stereocenters. The van der Waals surface area contributed by atoms with E-state index in [2.05, 4.69) is 30.1 Å². The van der Waals surface area contributed by atoms with Crippen LogP contribution < -0.4 is 0 Å². The SMILES string of the molecule is CCCCCCCCCCCCC(=S)SC(C)(C#N)CCC(=O)OS. The van der Waals surface area contributed by atoms with Gasteiger partial charge in [-0.05, 0) is 26.2 Å². The van der Waals surface area contributed by atoms with Gasteiger partial charge in [0.05, 0.1) is 6.07 Å². The molecule has 0 rings (SSSR count). The summed E-state index contributed by atoms with van der Waals surface area (Å²) in [4.78, 5) is 11.2. The van der Waals surface area contributed by atoms with Crippen LogP contribution in [0.15, 0.2) is 0 Å². The fraction of sp³-hybridized carbons (Fsp3) is 0.842. The van der Waals surface area contributed by atoms with Crippen molar-refractivity contribution in [2.24, 2.45) is 0 Å². The molecule has 1 atom stereocenters. The van der Waals surface area contributed by atoms with Crippen LogP contribution in [-0.4, -0.2) is 14.9 Å². The maximum Gasteiger partial charge on any atom is 0.317 e. The molecule has 0 fully saturated rings. The van der Waals surface area contributed by atoms with Crippen molar-refractivity contribution < 1.29 is 8.98 Å². The van der Waals surface area contributed by atoms with Crippen LogP contribution in [0.5, 0.6) is 0 Å². The molecule has 25 heavy (non-hydrogen) atoms. The Bertz CT molecular complexity index is 423. The Morgan fingerprint density at radius 2 is 1.60 bits per heavy atom. The first-order valence-electron chi connectivity index (χ1n) is 9.44. The van der Waals surface area contributed by atoms with Crippen LogP contribution in [0.3, 0.4) is 0 Å². The Labute approximate surface area is 169 Å². The quantitative estimate of drug-likeness (QED) is 0.141. The zero-order valence-corrected chi connectivity index (χ0v) is 18.2. The lowest BCUT2D eigenvalue weighted by atomic mass is 10.1. The van der Waals surface area contributed by atoms with E-state index in [1.807, 2.05) is 6.92 Å². The molecular formula is C19H33NO2S3. The van der Waals surface area contributed by atoms with E-state index in [0.29, 0.717) is 6.42 Å².